The quantitative estimate of drug-likeness (QED) is 0.805. The van der Waals surface area contributed by atoms with E-state index in [-0.39, 0.29) is 17.4 Å². The fourth-order valence-corrected chi connectivity index (χ4v) is 2.46. The number of anilines is 1. The van der Waals surface area contributed by atoms with E-state index in [0.717, 1.165) is 6.42 Å². The van der Waals surface area contributed by atoms with E-state index >= 15 is 0 Å². The number of nitrogens with zero attached hydrogens (tertiary/aromatic N) is 2. The molecule has 0 atom stereocenters. The molecular formula is C18H17N3O2. The van der Waals surface area contributed by atoms with Gasteiger partial charge >= 0.3 is 0 Å². The zero-order valence-corrected chi connectivity index (χ0v) is 12.8. The van der Waals surface area contributed by atoms with Crippen molar-refractivity contribution in [3.05, 3.63) is 70.5 Å². The summed E-state index contributed by atoms with van der Waals surface area (Å²) in [6.45, 7) is 2.48. The van der Waals surface area contributed by atoms with E-state index < -0.39 is 0 Å². The number of amides is 1. The minimum atomic E-state index is -0.280. The summed E-state index contributed by atoms with van der Waals surface area (Å²) in [5, 5.41) is 3.31. The molecule has 1 heterocycles. The largest absolute Gasteiger partial charge is 0.292 e. The Labute approximate surface area is 133 Å². The molecule has 0 spiro atoms. The number of benzene rings is 2. The van der Waals surface area contributed by atoms with Gasteiger partial charge in [-0.3, -0.25) is 19.5 Å². The summed E-state index contributed by atoms with van der Waals surface area (Å²) in [7, 11) is 0. The van der Waals surface area contributed by atoms with Crippen LogP contribution in [-0.2, 0) is 6.54 Å². The van der Waals surface area contributed by atoms with Crippen LogP contribution in [0, 0.1) is 0 Å². The van der Waals surface area contributed by atoms with Crippen LogP contribution >= 0.6 is 0 Å². The molecule has 0 unspecified atom stereocenters. The molecule has 3 aromatic rings. The lowest BCUT2D eigenvalue weighted by molar-refractivity contribution is 0.102. The molecule has 1 aromatic heterocycles. The van der Waals surface area contributed by atoms with E-state index in [0.29, 0.717) is 23.0 Å². The number of aromatic nitrogens is 2. The number of fused-ring (bicyclic) bond motifs is 1. The second-order valence-electron chi connectivity index (χ2n) is 5.23. The molecule has 0 aliphatic carbocycles. The molecule has 5 heteroatoms. The van der Waals surface area contributed by atoms with Gasteiger partial charge in [-0.15, -0.1) is 0 Å². The lowest BCUT2D eigenvalue weighted by atomic mass is 10.2. The summed E-state index contributed by atoms with van der Waals surface area (Å²) in [6, 6.07) is 16.0. The van der Waals surface area contributed by atoms with Crippen LogP contribution in [0.4, 0.5) is 5.95 Å². The van der Waals surface area contributed by atoms with Crippen molar-refractivity contribution in [2.75, 3.05) is 5.32 Å². The van der Waals surface area contributed by atoms with Gasteiger partial charge in [0.2, 0.25) is 5.95 Å². The standard InChI is InChI=1S/C18H17N3O2/c1-2-12-21-17(23)14-10-6-7-11-15(14)19-18(21)20-16(22)13-8-4-3-5-9-13/h3-11H,2,12H2,1H3,(H,19,20,22). The molecule has 0 saturated carbocycles. The van der Waals surface area contributed by atoms with Gasteiger partial charge in [0, 0.05) is 12.1 Å². The van der Waals surface area contributed by atoms with Gasteiger partial charge in [-0.2, -0.15) is 0 Å². The topological polar surface area (TPSA) is 64.0 Å². The van der Waals surface area contributed by atoms with Crippen LogP contribution in [0.3, 0.4) is 0 Å². The van der Waals surface area contributed by atoms with Gasteiger partial charge in [0.05, 0.1) is 10.9 Å². The summed E-state index contributed by atoms with van der Waals surface area (Å²) in [4.78, 5) is 29.4. The summed E-state index contributed by atoms with van der Waals surface area (Å²) in [6.07, 6.45) is 0.772. The molecule has 1 amide bonds. The minimum absolute atomic E-state index is 0.138. The number of carbonyl (C=O) groups is 1. The van der Waals surface area contributed by atoms with E-state index in [4.69, 9.17) is 0 Å². The number of carbonyl (C=O) groups excluding carboxylic acids is 1. The van der Waals surface area contributed by atoms with Crippen LogP contribution in [0.5, 0.6) is 0 Å². The van der Waals surface area contributed by atoms with Crippen LogP contribution in [-0.4, -0.2) is 15.5 Å². The molecule has 2 aromatic carbocycles. The van der Waals surface area contributed by atoms with Crippen molar-refractivity contribution in [3.63, 3.8) is 0 Å². The van der Waals surface area contributed by atoms with Crippen molar-refractivity contribution in [1.29, 1.82) is 0 Å². The predicted molar refractivity (Wildman–Crippen MR) is 90.7 cm³/mol. The Morgan fingerprint density at radius 2 is 1.78 bits per heavy atom. The highest BCUT2D eigenvalue weighted by molar-refractivity contribution is 6.03. The van der Waals surface area contributed by atoms with Crippen molar-refractivity contribution in [3.8, 4) is 0 Å². The molecule has 0 aliphatic heterocycles. The zero-order chi connectivity index (χ0) is 16.2. The van der Waals surface area contributed by atoms with Gasteiger partial charge in [0.1, 0.15) is 0 Å². The highest BCUT2D eigenvalue weighted by atomic mass is 16.2. The third kappa shape index (κ3) is 2.99. The van der Waals surface area contributed by atoms with Crippen LogP contribution < -0.4 is 10.9 Å². The molecule has 0 saturated heterocycles. The van der Waals surface area contributed by atoms with E-state index in [1.54, 1.807) is 36.4 Å². The first-order chi connectivity index (χ1) is 11.2. The lowest BCUT2D eigenvalue weighted by Crippen LogP contribution is -2.27. The Bertz CT molecular complexity index is 901. The highest BCUT2D eigenvalue weighted by Crippen LogP contribution is 2.12. The maximum Gasteiger partial charge on any atom is 0.262 e. The van der Waals surface area contributed by atoms with E-state index in [1.165, 1.54) is 4.57 Å². The lowest BCUT2D eigenvalue weighted by Gasteiger charge is -2.13. The van der Waals surface area contributed by atoms with Gasteiger partial charge in [-0.05, 0) is 30.7 Å². The minimum Gasteiger partial charge on any atom is -0.292 e. The number of hydrogen-bond donors (Lipinski definition) is 1. The van der Waals surface area contributed by atoms with E-state index in [2.05, 4.69) is 10.3 Å². The number of para-hydroxylation sites is 1. The number of hydrogen-bond acceptors (Lipinski definition) is 3. The molecule has 0 radical (unpaired) electrons. The first-order valence-corrected chi connectivity index (χ1v) is 7.56. The Kier molecular flexibility index (Phi) is 4.19. The highest BCUT2D eigenvalue weighted by Gasteiger charge is 2.13. The van der Waals surface area contributed by atoms with Crippen LogP contribution in [0.2, 0.25) is 0 Å². The SMILES string of the molecule is CCCn1c(NC(=O)c2ccccc2)nc2ccccc2c1=O. The fourth-order valence-electron chi connectivity index (χ4n) is 2.46. The Morgan fingerprint density at radius 1 is 1.09 bits per heavy atom. The van der Waals surface area contributed by atoms with Gasteiger partial charge in [-0.1, -0.05) is 37.3 Å². The molecule has 1 N–H and O–H groups in total. The zero-order valence-electron chi connectivity index (χ0n) is 12.8. The molecular weight excluding hydrogens is 290 g/mol. The van der Waals surface area contributed by atoms with Crippen molar-refractivity contribution >= 4 is 22.8 Å². The van der Waals surface area contributed by atoms with Gasteiger partial charge in [-0.25, -0.2) is 4.98 Å². The third-order valence-electron chi connectivity index (χ3n) is 3.57. The van der Waals surface area contributed by atoms with Gasteiger partial charge in [0.25, 0.3) is 11.5 Å². The molecule has 0 aliphatic rings. The molecule has 3 rings (SSSR count). The van der Waals surface area contributed by atoms with Crippen molar-refractivity contribution in [1.82, 2.24) is 9.55 Å². The van der Waals surface area contributed by atoms with Crippen molar-refractivity contribution in [2.45, 2.75) is 19.9 Å². The molecule has 116 valence electrons. The Hall–Kier alpha value is -2.95. The number of nitrogens with one attached hydrogen (secondary N) is 1. The molecule has 0 fully saturated rings. The first kappa shape index (κ1) is 15.0. The Morgan fingerprint density at radius 3 is 2.52 bits per heavy atom. The fraction of sp³-hybridized carbons (Fsp3) is 0.167. The van der Waals surface area contributed by atoms with Gasteiger partial charge in [0.15, 0.2) is 0 Å². The van der Waals surface area contributed by atoms with Crippen molar-refractivity contribution in [2.24, 2.45) is 0 Å². The summed E-state index contributed by atoms with van der Waals surface area (Å²) < 4.78 is 1.52. The van der Waals surface area contributed by atoms with Gasteiger partial charge < -0.3 is 0 Å². The maximum atomic E-state index is 12.6. The molecule has 23 heavy (non-hydrogen) atoms. The summed E-state index contributed by atoms with van der Waals surface area (Å²) >= 11 is 0. The number of rotatable bonds is 4. The van der Waals surface area contributed by atoms with Crippen LogP contribution in [0.25, 0.3) is 10.9 Å². The summed E-state index contributed by atoms with van der Waals surface area (Å²) in [5.74, 6) is 0.00189. The average molecular weight is 307 g/mol. The Balaban J connectivity index is 2.07. The third-order valence-corrected chi connectivity index (χ3v) is 3.57. The molecule has 0 bridgehead atoms. The second kappa shape index (κ2) is 6.44. The molecule has 5 nitrogen and oxygen atoms in total. The van der Waals surface area contributed by atoms with Crippen LogP contribution in [0.15, 0.2) is 59.4 Å². The second-order valence-corrected chi connectivity index (χ2v) is 5.23. The monoisotopic (exact) mass is 307 g/mol. The maximum absolute atomic E-state index is 12.6. The van der Waals surface area contributed by atoms with Crippen molar-refractivity contribution < 1.29 is 4.79 Å². The summed E-state index contributed by atoms with van der Waals surface area (Å²) in [5.41, 5.74) is 0.965. The normalized spacial score (nSPS) is 10.7. The smallest absolute Gasteiger partial charge is 0.262 e. The van der Waals surface area contributed by atoms with E-state index in [1.807, 2.05) is 25.1 Å². The average Bonchev–Trinajstić information content (AvgIpc) is 2.59. The predicted octanol–water partition coefficient (Wildman–Crippen LogP) is 3.06. The van der Waals surface area contributed by atoms with Crippen LogP contribution in [0.1, 0.15) is 23.7 Å². The van der Waals surface area contributed by atoms with E-state index in [9.17, 15) is 9.59 Å². The first-order valence-electron chi connectivity index (χ1n) is 7.56.